The molecule has 1 unspecified atom stereocenters. The average molecular weight is 421 g/mol. The highest BCUT2D eigenvalue weighted by molar-refractivity contribution is 5.76. The Morgan fingerprint density at radius 3 is 2.84 bits per heavy atom. The molecule has 1 atom stereocenters. The van der Waals surface area contributed by atoms with Crippen LogP contribution in [-0.2, 0) is 16.6 Å². The first-order valence-electron chi connectivity index (χ1n) is 10.5. The van der Waals surface area contributed by atoms with E-state index in [1.165, 1.54) is 0 Å². The van der Waals surface area contributed by atoms with E-state index in [2.05, 4.69) is 10.1 Å². The van der Waals surface area contributed by atoms with Gasteiger partial charge >= 0.3 is 0 Å². The van der Waals surface area contributed by atoms with E-state index in [4.69, 9.17) is 9.47 Å². The topological polar surface area (TPSA) is 69.5 Å². The van der Waals surface area contributed by atoms with Gasteiger partial charge in [-0.05, 0) is 43.2 Å². The van der Waals surface area contributed by atoms with Gasteiger partial charge in [0, 0.05) is 31.0 Å². The number of morpholine rings is 1. The summed E-state index contributed by atoms with van der Waals surface area (Å²) in [5, 5.41) is 4.26. The maximum absolute atomic E-state index is 12.8. The first-order valence-corrected chi connectivity index (χ1v) is 10.5. The van der Waals surface area contributed by atoms with Crippen LogP contribution in [0.1, 0.15) is 29.5 Å². The van der Waals surface area contributed by atoms with Crippen LogP contribution in [0.4, 0.5) is 0 Å². The molecule has 7 heteroatoms. The number of hydrogen-bond donors (Lipinski definition) is 0. The number of rotatable bonds is 6. The van der Waals surface area contributed by atoms with E-state index in [0.717, 1.165) is 33.8 Å². The standard InChI is InChI=1S/C24H28N4O3/c1-17-6-4-5-7-22(17)30-10-8-24(29)28-9-11-31-23(16-28)21-13-19(12-18(2)26-21)20-14-25-27(3)15-20/h4-7,12-15,23H,8-11,16H2,1-3H3. The normalized spacial score (nSPS) is 16.4. The second-order valence-electron chi connectivity index (χ2n) is 7.89. The Labute approximate surface area is 182 Å². The van der Waals surface area contributed by atoms with Gasteiger partial charge in [-0.2, -0.15) is 5.10 Å². The number of carbonyl (C=O) groups is 1. The predicted molar refractivity (Wildman–Crippen MR) is 118 cm³/mol. The van der Waals surface area contributed by atoms with Gasteiger partial charge in [0.15, 0.2) is 0 Å². The van der Waals surface area contributed by atoms with Gasteiger partial charge in [-0.1, -0.05) is 18.2 Å². The Balaban J connectivity index is 1.39. The van der Waals surface area contributed by atoms with Gasteiger partial charge in [0.1, 0.15) is 11.9 Å². The zero-order chi connectivity index (χ0) is 21.8. The zero-order valence-electron chi connectivity index (χ0n) is 18.2. The Hall–Kier alpha value is -3.19. The van der Waals surface area contributed by atoms with Gasteiger partial charge in [0.25, 0.3) is 0 Å². The average Bonchev–Trinajstić information content (AvgIpc) is 3.21. The zero-order valence-corrected chi connectivity index (χ0v) is 18.2. The molecule has 7 nitrogen and oxygen atoms in total. The number of ether oxygens (including phenoxy) is 2. The summed E-state index contributed by atoms with van der Waals surface area (Å²) in [5.41, 5.74) is 4.90. The fourth-order valence-electron chi connectivity index (χ4n) is 3.78. The SMILES string of the molecule is Cc1cc(-c2cnn(C)c2)cc(C2CN(C(=O)CCOc3ccccc3C)CCO2)n1. The minimum atomic E-state index is -0.245. The van der Waals surface area contributed by atoms with Crippen LogP contribution in [0.2, 0.25) is 0 Å². The molecule has 1 fully saturated rings. The van der Waals surface area contributed by atoms with Crippen LogP contribution in [0.15, 0.2) is 48.8 Å². The third-order valence-corrected chi connectivity index (χ3v) is 5.43. The lowest BCUT2D eigenvalue weighted by atomic mass is 10.1. The third-order valence-electron chi connectivity index (χ3n) is 5.43. The maximum Gasteiger partial charge on any atom is 0.226 e. The summed E-state index contributed by atoms with van der Waals surface area (Å²) < 4.78 is 13.5. The summed E-state index contributed by atoms with van der Waals surface area (Å²) in [7, 11) is 1.90. The molecule has 2 aromatic heterocycles. The van der Waals surface area contributed by atoms with E-state index in [1.807, 2.05) is 74.6 Å². The second kappa shape index (κ2) is 9.31. The predicted octanol–water partition coefficient (Wildman–Crippen LogP) is 3.47. The monoisotopic (exact) mass is 420 g/mol. The van der Waals surface area contributed by atoms with Gasteiger partial charge in [-0.25, -0.2) is 0 Å². The molecule has 0 radical (unpaired) electrons. The van der Waals surface area contributed by atoms with Crippen molar-refractivity contribution in [2.45, 2.75) is 26.4 Å². The van der Waals surface area contributed by atoms with Gasteiger partial charge in [0.05, 0.1) is 38.1 Å². The van der Waals surface area contributed by atoms with E-state index in [1.54, 1.807) is 4.68 Å². The number of pyridine rings is 1. The minimum Gasteiger partial charge on any atom is -0.493 e. The van der Waals surface area contributed by atoms with Crippen LogP contribution in [-0.4, -0.2) is 51.9 Å². The van der Waals surface area contributed by atoms with Crippen LogP contribution in [0.5, 0.6) is 5.75 Å². The molecule has 1 saturated heterocycles. The quantitative estimate of drug-likeness (QED) is 0.611. The molecule has 1 aliphatic heterocycles. The van der Waals surface area contributed by atoms with Crippen LogP contribution < -0.4 is 4.74 Å². The van der Waals surface area contributed by atoms with Crippen molar-refractivity contribution in [3.63, 3.8) is 0 Å². The van der Waals surface area contributed by atoms with Crippen molar-refractivity contribution < 1.29 is 14.3 Å². The fourth-order valence-corrected chi connectivity index (χ4v) is 3.78. The van der Waals surface area contributed by atoms with Crippen molar-refractivity contribution in [3.8, 4) is 16.9 Å². The molecule has 3 aromatic rings. The summed E-state index contributed by atoms with van der Waals surface area (Å²) in [6.45, 7) is 5.90. The molecule has 1 amide bonds. The number of benzene rings is 1. The van der Waals surface area contributed by atoms with Crippen molar-refractivity contribution in [2.75, 3.05) is 26.3 Å². The van der Waals surface area contributed by atoms with E-state index in [0.29, 0.717) is 32.7 Å². The van der Waals surface area contributed by atoms with Crippen molar-refractivity contribution in [3.05, 3.63) is 65.7 Å². The first-order chi connectivity index (χ1) is 15.0. The Kier molecular flexibility index (Phi) is 6.32. The second-order valence-corrected chi connectivity index (χ2v) is 7.89. The highest BCUT2D eigenvalue weighted by atomic mass is 16.5. The number of aryl methyl sites for hydroxylation is 3. The summed E-state index contributed by atoms with van der Waals surface area (Å²) in [6.07, 6.45) is 3.91. The van der Waals surface area contributed by atoms with Crippen molar-refractivity contribution >= 4 is 5.91 Å². The van der Waals surface area contributed by atoms with Crippen LogP contribution in [0.3, 0.4) is 0 Å². The first kappa shape index (κ1) is 21.1. The lowest BCUT2D eigenvalue weighted by Crippen LogP contribution is -2.42. The smallest absolute Gasteiger partial charge is 0.226 e. The maximum atomic E-state index is 12.8. The van der Waals surface area contributed by atoms with Gasteiger partial charge in [-0.3, -0.25) is 14.5 Å². The molecule has 0 saturated carbocycles. The third kappa shape index (κ3) is 5.11. The van der Waals surface area contributed by atoms with E-state index < -0.39 is 0 Å². The fraction of sp³-hybridized carbons (Fsp3) is 0.375. The highest BCUT2D eigenvalue weighted by Gasteiger charge is 2.26. The van der Waals surface area contributed by atoms with Crippen LogP contribution >= 0.6 is 0 Å². The van der Waals surface area contributed by atoms with E-state index in [9.17, 15) is 4.79 Å². The highest BCUT2D eigenvalue weighted by Crippen LogP contribution is 2.27. The molecule has 0 N–H and O–H groups in total. The molecular formula is C24H28N4O3. The van der Waals surface area contributed by atoms with E-state index >= 15 is 0 Å². The van der Waals surface area contributed by atoms with Gasteiger partial charge in [0.2, 0.25) is 5.91 Å². The summed E-state index contributed by atoms with van der Waals surface area (Å²) in [5.74, 6) is 0.893. The molecule has 3 heterocycles. The molecule has 0 bridgehead atoms. The lowest BCUT2D eigenvalue weighted by Gasteiger charge is -2.33. The van der Waals surface area contributed by atoms with Crippen molar-refractivity contribution in [2.24, 2.45) is 7.05 Å². The van der Waals surface area contributed by atoms with Crippen LogP contribution in [0.25, 0.3) is 11.1 Å². The Morgan fingerprint density at radius 2 is 2.06 bits per heavy atom. The summed E-state index contributed by atoms with van der Waals surface area (Å²) in [4.78, 5) is 19.3. The van der Waals surface area contributed by atoms with Crippen molar-refractivity contribution in [1.82, 2.24) is 19.7 Å². The molecule has 0 spiro atoms. The number of amides is 1. The number of hydrogen-bond acceptors (Lipinski definition) is 5. The molecule has 4 rings (SSSR count). The van der Waals surface area contributed by atoms with Crippen molar-refractivity contribution in [1.29, 1.82) is 0 Å². The summed E-state index contributed by atoms with van der Waals surface area (Å²) >= 11 is 0. The molecule has 1 aromatic carbocycles. The number of para-hydroxylation sites is 1. The minimum absolute atomic E-state index is 0.0713. The molecule has 0 aliphatic carbocycles. The molecule has 162 valence electrons. The molecule has 1 aliphatic rings. The number of nitrogens with zero attached hydrogens (tertiary/aromatic N) is 4. The Morgan fingerprint density at radius 1 is 1.23 bits per heavy atom. The van der Waals surface area contributed by atoms with E-state index in [-0.39, 0.29) is 12.0 Å². The summed E-state index contributed by atoms with van der Waals surface area (Å²) in [6, 6.07) is 11.9. The molecular weight excluding hydrogens is 392 g/mol. The molecule has 31 heavy (non-hydrogen) atoms. The van der Waals surface area contributed by atoms with Gasteiger partial charge in [-0.15, -0.1) is 0 Å². The van der Waals surface area contributed by atoms with Gasteiger partial charge < -0.3 is 14.4 Å². The number of aromatic nitrogens is 3. The Bertz CT molecular complexity index is 1060. The van der Waals surface area contributed by atoms with Crippen LogP contribution in [0, 0.1) is 13.8 Å². The number of carbonyl (C=O) groups excluding carboxylic acids is 1. The lowest BCUT2D eigenvalue weighted by molar-refractivity contribution is -0.139. The largest absolute Gasteiger partial charge is 0.493 e.